The molecule has 0 spiro atoms. The summed E-state index contributed by atoms with van der Waals surface area (Å²) in [4.78, 5) is 7.77. The van der Waals surface area contributed by atoms with E-state index >= 15 is 0 Å². The van der Waals surface area contributed by atoms with Crippen molar-refractivity contribution in [2.75, 3.05) is 26.3 Å². The van der Waals surface area contributed by atoms with Crippen LogP contribution < -0.4 is 0 Å². The lowest BCUT2D eigenvalue weighted by atomic mass is 10.1. The van der Waals surface area contributed by atoms with Crippen LogP contribution in [0, 0.1) is 0 Å². The molecule has 2 aromatic rings. The molecule has 1 saturated heterocycles. The summed E-state index contributed by atoms with van der Waals surface area (Å²) in [7, 11) is 0. The van der Waals surface area contributed by atoms with E-state index in [4.69, 9.17) is 14.4 Å². The number of aliphatic hydroxyl groups is 1. The van der Waals surface area contributed by atoms with Crippen LogP contribution in [0.2, 0.25) is 0 Å². The van der Waals surface area contributed by atoms with E-state index in [1.54, 1.807) is 11.3 Å². The van der Waals surface area contributed by atoms with Crippen LogP contribution in [0.3, 0.4) is 0 Å². The highest BCUT2D eigenvalue weighted by Crippen LogP contribution is 2.22. The monoisotopic (exact) mass is 309 g/mol. The second-order valence-electron chi connectivity index (χ2n) is 5.06. The molecule has 0 unspecified atom stereocenters. The van der Waals surface area contributed by atoms with Crippen LogP contribution >= 0.6 is 11.3 Å². The molecule has 3 heterocycles. The molecule has 7 heteroatoms. The summed E-state index contributed by atoms with van der Waals surface area (Å²) in [6.07, 6.45) is 2.22. The molecule has 2 aromatic heterocycles. The molecule has 114 valence electrons. The lowest BCUT2D eigenvalue weighted by Gasteiger charge is -2.30. The van der Waals surface area contributed by atoms with Gasteiger partial charge in [0, 0.05) is 13.1 Å². The van der Waals surface area contributed by atoms with Gasteiger partial charge in [-0.2, -0.15) is 4.98 Å². The van der Waals surface area contributed by atoms with Gasteiger partial charge in [0.05, 0.1) is 30.7 Å². The molecule has 3 rings (SSSR count). The molecular formula is C14H19N3O3S. The molecule has 0 amide bonds. The zero-order valence-corrected chi connectivity index (χ0v) is 12.6. The summed E-state index contributed by atoms with van der Waals surface area (Å²) in [6, 6.07) is 3.97. The van der Waals surface area contributed by atoms with Gasteiger partial charge in [-0.1, -0.05) is 11.2 Å². The number of piperidine rings is 1. The number of hydrogen-bond donors (Lipinski definition) is 1. The van der Waals surface area contributed by atoms with Crippen molar-refractivity contribution in [3.63, 3.8) is 0 Å². The van der Waals surface area contributed by atoms with E-state index in [9.17, 15) is 0 Å². The van der Waals surface area contributed by atoms with Crippen LogP contribution in [0.15, 0.2) is 22.0 Å². The lowest BCUT2D eigenvalue weighted by molar-refractivity contribution is -0.0104. The summed E-state index contributed by atoms with van der Waals surface area (Å²) in [5.74, 6) is 1.33. The van der Waals surface area contributed by atoms with Crippen LogP contribution in [0.5, 0.6) is 0 Å². The third-order valence-electron chi connectivity index (χ3n) is 3.55. The number of thiophene rings is 1. The van der Waals surface area contributed by atoms with E-state index in [0.29, 0.717) is 24.9 Å². The Morgan fingerprint density at radius 2 is 2.29 bits per heavy atom. The minimum absolute atomic E-state index is 0.0910. The molecule has 6 nitrogen and oxygen atoms in total. The maximum absolute atomic E-state index is 8.76. The molecule has 0 saturated carbocycles. The average molecular weight is 309 g/mol. The van der Waals surface area contributed by atoms with Crippen LogP contribution in [0.4, 0.5) is 0 Å². The van der Waals surface area contributed by atoms with Crippen LogP contribution in [-0.2, 0) is 11.3 Å². The van der Waals surface area contributed by atoms with Crippen molar-refractivity contribution in [3.8, 4) is 10.7 Å². The number of aliphatic hydroxyl groups excluding tert-OH is 1. The van der Waals surface area contributed by atoms with E-state index in [2.05, 4.69) is 15.0 Å². The predicted octanol–water partition coefficient (Wildman–Crippen LogP) is 1.77. The van der Waals surface area contributed by atoms with Crippen LogP contribution in [-0.4, -0.2) is 52.6 Å². The van der Waals surface area contributed by atoms with Gasteiger partial charge in [0.15, 0.2) is 0 Å². The number of aromatic nitrogens is 2. The van der Waals surface area contributed by atoms with Gasteiger partial charge in [0.25, 0.3) is 0 Å². The normalized spacial score (nSPS) is 17.4. The molecule has 1 aliphatic rings. The fourth-order valence-corrected chi connectivity index (χ4v) is 3.12. The Kier molecular flexibility index (Phi) is 4.97. The van der Waals surface area contributed by atoms with E-state index < -0.39 is 0 Å². The van der Waals surface area contributed by atoms with Gasteiger partial charge in [0.2, 0.25) is 11.7 Å². The first kappa shape index (κ1) is 14.6. The van der Waals surface area contributed by atoms with Gasteiger partial charge in [0.1, 0.15) is 0 Å². The van der Waals surface area contributed by atoms with E-state index in [-0.39, 0.29) is 12.7 Å². The third kappa shape index (κ3) is 3.88. The highest BCUT2D eigenvalue weighted by atomic mass is 32.1. The Balaban J connectivity index is 1.49. The fraction of sp³-hybridized carbons (Fsp3) is 0.571. The van der Waals surface area contributed by atoms with Gasteiger partial charge in [-0.15, -0.1) is 11.3 Å². The number of ether oxygens (including phenoxy) is 1. The number of rotatable bonds is 6. The van der Waals surface area contributed by atoms with Crippen LogP contribution in [0.1, 0.15) is 18.7 Å². The summed E-state index contributed by atoms with van der Waals surface area (Å²) >= 11 is 1.61. The second kappa shape index (κ2) is 7.13. The second-order valence-corrected chi connectivity index (χ2v) is 6.01. The number of nitrogens with zero attached hydrogens (tertiary/aromatic N) is 3. The Morgan fingerprint density at radius 3 is 3.00 bits per heavy atom. The maximum atomic E-state index is 8.76. The molecule has 0 radical (unpaired) electrons. The smallest absolute Gasteiger partial charge is 0.241 e. The molecule has 1 N–H and O–H groups in total. The largest absolute Gasteiger partial charge is 0.394 e. The summed E-state index contributed by atoms with van der Waals surface area (Å²) in [5, 5.41) is 14.8. The van der Waals surface area contributed by atoms with Crippen molar-refractivity contribution >= 4 is 11.3 Å². The summed E-state index contributed by atoms with van der Waals surface area (Å²) < 4.78 is 10.9. The molecule has 0 bridgehead atoms. The van der Waals surface area contributed by atoms with Gasteiger partial charge in [-0.3, -0.25) is 4.90 Å². The number of hydrogen-bond acceptors (Lipinski definition) is 7. The summed E-state index contributed by atoms with van der Waals surface area (Å²) in [6.45, 7) is 3.11. The summed E-state index contributed by atoms with van der Waals surface area (Å²) in [5.41, 5.74) is 0. The molecule has 1 aliphatic heterocycles. The number of likely N-dealkylation sites (tertiary alicyclic amines) is 1. The topological polar surface area (TPSA) is 71.6 Å². The standard InChI is InChI=1S/C14H19N3O3S/c18-7-8-19-11-3-5-17(6-4-11)10-13-15-14(16-20-13)12-2-1-9-21-12/h1-2,9,11,18H,3-8,10H2. The third-order valence-corrected chi connectivity index (χ3v) is 4.41. The molecule has 0 aliphatic carbocycles. The van der Waals surface area contributed by atoms with Crippen LogP contribution in [0.25, 0.3) is 10.7 Å². The average Bonchev–Trinajstić information content (AvgIpc) is 3.17. The van der Waals surface area contributed by atoms with Gasteiger partial charge in [-0.25, -0.2) is 0 Å². The van der Waals surface area contributed by atoms with E-state index in [0.717, 1.165) is 30.8 Å². The SMILES string of the molecule is OCCOC1CCN(Cc2nc(-c3cccs3)no2)CC1. The quantitative estimate of drug-likeness (QED) is 0.877. The van der Waals surface area contributed by atoms with Crippen molar-refractivity contribution in [3.05, 3.63) is 23.4 Å². The minimum atomic E-state index is 0.0910. The molecule has 0 aromatic carbocycles. The molecule has 1 fully saturated rings. The zero-order valence-electron chi connectivity index (χ0n) is 11.8. The van der Waals surface area contributed by atoms with E-state index in [1.807, 2.05) is 17.5 Å². The van der Waals surface area contributed by atoms with Crippen molar-refractivity contribution in [2.45, 2.75) is 25.5 Å². The van der Waals surface area contributed by atoms with Crippen molar-refractivity contribution in [2.24, 2.45) is 0 Å². The molecular weight excluding hydrogens is 290 g/mol. The minimum Gasteiger partial charge on any atom is -0.394 e. The van der Waals surface area contributed by atoms with Crippen molar-refractivity contribution in [1.29, 1.82) is 0 Å². The van der Waals surface area contributed by atoms with Gasteiger partial charge < -0.3 is 14.4 Å². The lowest BCUT2D eigenvalue weighted by Crippen LogP contribution is -2.37. The van der Waals surface area contributed by atoms with E-state index in [1.165, 1.54) is 0 Å². The Hall–Kier alpha value is -1.28. The first-order valence-electron chi connectivity index (χ1n) is 7.16. The van der Waals surface area contributed by atoms with Gasteiger partial charge in [-0.05, 0) is 24.3 Å². The highest BCUT2D eigenvalue weighted by molar-refractivity contribution is 7.13. The Labute approximate surface area is 127 Å². The first-order chi connectivity index (χ1) is 10.3. The van der Waals surface area contributed by atoms with Crippen molar-refractivity contribution in [1.82, 2.24) is 15.0 Å². The van der Waals surface area contributed by atoms with Gasteiger partial charge >= 0.3 is 0 Å². The molecule has 0 atom stereocenters. The Bertz CT molecular complexity index is 535. The fourth-order valence-electron chi connectivity index (χ4n) is 2.47. The maximum Gasteiger partial charge on any atom is 0.241 e. The highest BCUT2D eigenvalue weighted by Gasteiger charge is 2.21. The first-order valence-corrected chi connectivity index (χ1v) is 8.04. The predicted molar refractivity (Wildman–Crippen MR) is 78.9 cm³/mol. The molecule has 21 heavy (non-hydrogen) atoms. The Morgan fingerprint density at radius 1 is 1.43 bits per heavy atom. The zero-order chi connectivity index (χ0) is 14.5. The van der Waals surface area contributed by atoms with Crippen molar-refractivity contribution < 1.29 is 14.4 Å².